The van der Waals surface area contributed by atoms with Gasteiger partial charge in [-0.3, -0.25) is 4.18 Å². The lowest BCUT2D eigenvalue weighted by molar-refractivity contribution is -0.133. The van der Waals surface area contributed by atoms with E-state index in [9.17, 15) is 8.42 Å². The molecule has 1 aromatic rings. The monoisotopic (exact) mass is 298 g/mol. The highest BCUT2D eigenvalue weighted by Crippen LogP contribution is 2.43. The molecule has 20 heavy (non-hydrogen) atoms. The van der Waals surface area contributed by atoms with Crippen LogP contribution in [0.1, 0.15) is 5.56 Å². The van der Waals surface area contributed by atoms with E-state index >= 15 is 0 Å². The van der Waals surface area contributed by atoms with Crippen LogP contribution in [0.3, 0.4) is 0 Å². The van der Waals surface area contributed by atoms with Gasteiger partial charge in [0.15, 0.2) is 12.4 Å². The van der Waals surface area contributed by atoms with Gasteiger partial charge in [0.25, 0.3) is 10.1 Å². The first-order chi connectivity index (χ1) is 9.54. The Labute approximate surface area is 116 Å². The van der Waals surface area contributed by atoms with Gasteiger partial charge in [-0.2, -0.15) is 8.42 Å². The molecule has 0 N–H and O–H groups in total. The summed E-state index contributed by atoms with van der Waals surface area (Å²) in [5.74, 6) is 0. The van der Waals surface area contributed by atoms with Gasteiger partial charge in [-0.05, 0) is 19.1 Å². The van der Waals surface area contributed by atoms with Crippen LogP contribution in [0, 0.1) is 6.92 Å². The third-order valence-corrected chi connectivity index (χ3v) is 5.13. The summed E-state index contributed by atoms with van der Waals surface area (Å²) in [4.78, 5) is 0.125. The topological polar surface area (TPSA) is 74.4 Å². The Morgan fingerprint density at radius 2 is 1.90 bits per heavy atom. The normalized spacial score (nSPS) is 38.5. The van der Waals surface area contributed by atoms with Gasteiger partial charge >= 0.3 is 0 Å². The minimum atomic E-state index is -3.85. The highest BCUT2D eigenvalue weighted by atomic mass is 32.2. The molecule has 3 aliphatic heterocycles. The average Bonchev–Trinajstić information content (AvgIpc) is 3.09. The highest BCUT2D eigenvalue weighted by molar-refractivity contribution is 7.86. The van der Waals surface area contributed by atoms with E-state index in [2.05, 4.69) is 0 Å². The van der Waals surface area contributed by atoms with Crippen LogP contribution in [0.2, 0.25) is 0 Å². The molecule has 0 aromatic heterocycles. The summed E-state index contributed by atoms with van der Waals surface area (Å²) in [5.41, 5.74) is 0.984. The first-order valence-corrected chi connectivity index (χ1v) is 7.88. The van der Waals surface area contributed by atoms with Gasteiger partial charge in [0.1, 0.15) is 18.3 Å². The fraction of sp³-hybridized carbons (Fsp3) is 0.538. The van der Waals surface area contributed by atoms with Gasteiger partial charge in [0, 0.05) is 0 Å². The molecule has 3 aliphatic rings. The van der Waals surface area contributed by atoms with E-state index in [0.717, 1.165) is 5.56 Å². The van der Waals surface area contributed by atoms with Gasteiger partial charge in [-0.25, -0.2) is 0 Å². The van der Waals surface area contributed by atoms with E-state index in [1.54, 1.807) is 12.1 Å². The maximum absolute atomic E-state index is 12.3. The summed E-state index contributed by atoms with van der Waals surface area (Å²) in [7, 11) is -3.85. The molecule has 3 fully saturated rings. The summed E-state index contributed by atoms with van der Waals surface area (Å²) < 4.78 is 46.2. The van der Waals surface area contributed by atoms with E-state index in [-0.39, 0.29) is 23.2 Å². The molecule has 108 valence electrons. The maximum atomic E-state index is 12.3. The van der Waals surface area contributed by atoms with Crippen LogP contribution in [0.25, 0.3) is 0 Å². The van der Waals surface area contributed by atoms with E-state index in [4.69, 9.17) is 18.4 Å². The number of fused-ring (bicyclic) bond motifs is 4. The van der Waals surface area contributed by atoms with Crippen molar-refractivity contribution in [1.82, 2.24) is 0 Å². The molecule has 6 nitrogen and oxygen atoms in total. The third kappa shape index (κ3) is 1.97. The molecule has 4 rings (SSSR count). The maximum Gasteiger partial charge on any atom is 0.297 e. The minimum absolute atomic E-state index is 0.0908. The molecule has 0 saturated carbocycles. The summed E-state index contributed by atoms with van der Waals surface area (Å²) in [6.07, 6.45) is -1.84. The molecule has 0 unspecified atom stereocenters. The van der Waals surface area contributed by atoms with Gasteiger partial charge in [0.05, 0.1) is 11.5 Å². The number of benzene rings is 1. The third-order valence-electron chi connectivity index (χ3n) is 3.80. The number of ether oxygens (including phenoxy) is 3. The quantitative estimate of drug-likeness (QED) is 0.600. The van der Waals surface area contributed by atoms with Crippen molar-refractivity contribution in [3.8, 4) is 0 Å². The zero-order chi connectivity index (χ0) is 13.9. The van der Waals surface area contributed by atoms with Crippen LogP contribution in [0.5, 0.6) is 0 Å². The molecule has 0 amide bonds. The fourth-order valence-corrected chi connectivity index (χ4v) is 3.72. The number of hydrogen-bond donors (Lipinski definition) is 0. The molecule has 0 spiro atoms. The van der Waals surface area contributed by atoms with Gasteiger partial charge in [0.2, 0.25) is 0 Å². The molecule has 2 bridgehead atoms. The fourth-order valence-electron chi connectivity index (χ4n) is 2.65. The van der Waals surface area contributed by atoms with Gasteiger partial charge < -0.3 is 14.2 Å². The Bertz CT molecular complexity index is 625. The number of rotatable bonds is 3. The molecule has 5 atom stereocenters. The van der Waals surface area contributed by atoms with Crippen molar-refractivity contribution in [2.24, 2.45) is 0 Å². The lowest BCUT2D eigenvalue weighted by Gasteiger charge is -2.23. The summed E-state index contributed by atoms with van der Waals surface area (Å²) >= 11 is 0. The van der Waals surface area contributed by atoms with E-state index in [1.807, 2.05) is 6.92 Å². The molecule has 3 saturated heterocycles. The van der Waals surface area contributed by atoms with Crippen molar-refractivity contribution in [2.45, 2.75) is 42.5 Å². The second-order valence-electron chi connectivity index (χ2n) is 5.27. The zero-order valence-corrected chi connectivity index (χ0v) is 11.6. The first kappa shape index (κ1) is 12.7. The van der Waals surface area contributed by atoms with Gasteiger partial charge in [-0.15, -0.1) is 0 Å². The van der Waals surface area contributed by atoms with Crippen LogP contribution in [-0.2, 0) is 28.5 Å². The molecular weight excluding hydrogens is 284 g/mol. The van der Waals surface area contributed by atoms with Crippen molar-refractivity contribution in [1.29, 1.82) is 0 Å². The predicted octanol–water partition coefficient (Wildman–Crippen LogP) is 0.591. The summed E-state index contributed by atoms with van der Waals surface area (Å²) in [6, 6.07) is 6.51. The molecule has 1 aromatic carbocycles. The summed E-state index contributed by atoms with van der Waals surface area (Å²) in [6.45, 7) is 2.32. The Morgan fingerprint density at radius 1 is 1.15 bits per heavy atom. The average molecular weight is 298 g/mol. The van der Waals surface area contributed by atoms with Crippen LogP contribution in [0.4, 0.5) is 0 Å². The Balaban J connectivity index is 1.57. The smallest absolute Gasteiger partial charge is 0.297 e. The lowest BCUT2D eigenvalue weighted by Crippen LogP contribution is -2.42. The largest absolute Gasteiger partial charge is 0.364 e. The van der Waals surface area contributed by atoms with E-state index < -0.39 is 22.5 Å². The second-order valence-corrected chi connectivity index (χ2v) is 6.84. The van der Waals surface area contributed by atoms with Crippen molar-refractivity contribution in [3.63, 3.8) is 0 Å². The van der Waals surface area contributed by atoms with Crippen molar-refractivity contribution in [2.75, 3.05) is 6.61 Å². The van der Waals surface area contributed by atoms with Crippen molar-refractivity contribution >= 4 is 10.1 Å². The minimum Gasteiger partial charge on any atom is -0.364 e. The standard InChI is InChI=1S/C13H14O6S/c1-7-2-4-8(5-3-7)20(14,15)19-12-11-10(18-11)9-6-16-13(12)17-9/h2-5,9-13H,6H2,1H3/t9-,10+,11+,12+,13+/m1/s1. The van der Waals surface area contributed by atoms with Crippen LogP contribution >= 0.6 is 0 Å². The highest BCUT2D eigenvalue weighted by Gasteiger charge is 2.63. The Hall–Kier alpha value is -0.990. The Morgan fingerprint density at radius 3 is 2.65 bits per heavy atom. The SMILES string of the molecule is Cc1ccc(S(=O)(=O)O[C@@H]2[C@H]3OC[C@@H](O3)[C@@H]3O[C@H]23)cc1. The number of aryl methyl sites for hydroxylation is 1. The summed E-state index contributed by atoms with van der Waals surface area (Å²) in [5, 5.41) is 0. The molecule has 0 radical (unpaired) electrons. The number of epoxide rings is 1. The number of hydrogen-bond acceptors (Lipinski definition) is 6. The zero-order valence-electron chi connectivity index (χ0n) is 10.8. The van der Waals surface area contributed by atoms with Crippen LogP contribution in [0.15, 0.2) is 29.2 Å². The predicted molar refractivity (Wildman–Crippen MR) is 66.5 cm³/mol. The molecule has 7 heteroatoms. The molecule has 3 heterocycles. The van der Waals surface area contributed by atoms with Crippen molar-refractivity contribution < 1.29 is 26.8 Å². The van der Waals surface area contributed by atoms with Crippen molar-refractivity contribution in [3.05, 3.63) is 29.8 Å². The van der Waals surface area contributed by atoms with Crippen LogP contribution < -0.4 is 0 Å². The van der Waals surface area contributed by atoms with E-state index in [1.165, 1.54) is 12.1 Å². The molecular formula is C13H14O6S. The van der Waals surface area contributed by atoms with Gasteiger partial charge in [-0.1, -0.05) is 17.7 Å². The Kier molecular flexibility index (Phi) is 2.71. The lowest BCUT2D eigenvalue weighted by atomic mass is 10.1. The van der Waals surface area contributed by atoms with Crippen LogP contribution in [-0.4, -0.2) is 45.7 Å². The molecule has 0 aliphatic carbocycles. The second kappa shape index (κ2) is 4.25. The first-order valence-electron chi connectivity index (χ1n) is 6.47. The van der Waals surface area contributed by atoms with E-state index in [0.29, 0.717) is 6.61 Å².